The highest BCUT2D eigenvalue weighted by Gasteiger charge is 2.46. The van der Waals surface area contributed by atoms with Crippen LogP contribution >= 0.6 is 0 Å². The van der Waals surface area contributed by atoms with E-state index < -0.39 is 0 Å². The molecule has 4 rings (SSSR count). The number of likely N-dealkylation sites (tertiary alicyclic amines) is 1. The lowest BCUT2D eigenvalue weighted by Gasteiger charge is -2.41. The molecule has 24 heavy (non-hydrogen) atoms. The first-order valence-electron chi connectivity index (χ1n) is 8.25. The summed E-state index contributed by atoms with van der Waals surface area (Å²) in [5.74, 6) is -0.205. The van der Waals surface area contributed by atoms with Crippen molar-refractivity contribution < 1.29 is 9.59 Å². The zero-order valence-electron chi connectivity index (χ0n) is 13.2. The van der Waals surface area contributed by atoms with Crippen molar-refractivity contribution in [3.05, 3.63) is 42.5 Å². The van der Waals surface area contributed by atoms with E-state index in [2.05, 4.69) is 20.5 Å². The largest absolute Gasteiger partial charge is 0.332 e. The predicted molar refractivity (Wildman–Crippen MR) is 86.8 cm³/mol. The van der Waals surface area contributed by atoms with Crippen molar-refractivity contribution in [2.75, 3.05) is 5.32 Å². The number of carbonyl (C=O) groups excluding carboxylic acids is 2. The lowest BCUT2D eigenvalue weighted by atomic mass is 9.83. The third-order valence-electron chi connectivity index (χ3n) is 4.73. The van der Waals surface area contributed by atoms with Crippen molar-refractivity contribution in [1.29, 1.82) is 0 Å². The van der Waals surface area contributed by atoms with Gasteiger partial charge < -0.3 is 10.2 Å². The van der Waals surface area contributed by atoms with Crippen LogP contribution < -0.4 is 5.32 Å². The molecule has 0 radical (unpaired) electrons. The maximum atomic E-state index is 12.8. The van der Waals surface area contributed by atoms with Crippen molar-refractivity contribution in [2.45, 2.75) is 37.8 Å². The number of pyridine rings is 1. The van der Waals surface area contributed by atoms with E-state index in [4.69, 9.17) is 0 Å². The first kappa shape index (κ1) is 14.9. The Hall–Kier alpha value is -2.70. The van der Waals surface area contributed by atoms with Gasteiger partial charge in [-0.1, -0.05) is 0 Å². The molecule has 2 amide bonds. The monoisotopic (exact) mass is 325 g/mol. The van der Waals surface area contributed by atoms with Crippen LogP contribution in [0.1, 0.15) is 37.3 Å². The molecule has 124 valence electrons. The van der Waals surface area contributed by atoms with Gasteiger partial charge in [-0.25, -0.2) is 0 Å². The van der Waals surface area contributed by atoms with Gasteiger partial charge in [0.25, 0.3) is 0 Å². The average molecular weight is 325 g/mol. The molecular weight excluding hydrogens is 306 g/mol. The molecule has 0 bridgehead atoms. The molecule has 2 aliphatic rings. The number of rotatable bonds is 4. The van der Waals surface area contributed by atoms with E-state index in [1.54, 1.807) is 24.8 Å². The number of amides is 2. The van der Waals surface area contributed by atoms with E-state index in [-0.39, 0.29) is 29.8 Å². The fraction of sp³-hybridized carbons (Fsp3) is 0.412. The highest BCUT2D eigenvalue weighted by molar-refractivity contribution is 5.94. The second kappa shape index (κ2) is 6.07. The molecule has 0 spiro atoms. The summed E-state index contributed by atoms with van der Waals surface area (Å²) in [6.07, 6.45) is 9.65. The van der Waals surface area contributed by atoms with Crippen LogP contribution in [0.5, 0.6) is 0 Å². The molecule has 2 atom stereocenters. The highest BCUT2D eigenvalue weighted by atomic mass is 16.2. The highest BCUT2D eigenvalue weighted by Crippen LogP contribution is 2.43. The van der Waals surface area contributed by atoms with Crippen molar-refractivity contribution in [1.82, 2.24) is 20.1 Å². The molecule has 2 N–H and O–H groups in total. The fourth-order valence-corrected chi connectivity index (χ4v) is 3.48. The van der Waals surface area contributed by atoms with Gasteiger partial charge in [0.1, 0.15) is 0 Å². The number of nitrogens with one attached hydrogen (secondary N) is 2. The molecule has 3 heterocycles. The van der Waals surface area contributed by atoms with Crippen LogP contribution in [0.25, 0.3) is 0 Å². The zero-order chi connectivity index (χ0) is 16.5. The molecule has 2 aromatic rings. The molecular formula is C17H19N5O2. The van der Waals surface area contributed by atoms with Crippen LogP contribution in [-0.2, 0) is 9.59 Å². The number of nitrogens with zero attached hydrogens (tertiary/aromatic N) is 3. The number of aromatic nitrogens is 3. The normalized spacial score (nSPS) is 24.0. The maximum Gasteiger partial charge on any atom is 0.230 e. The number of carbonyl (C=O) groups is 2. The van der Waals surface area contributed by atoms with E-state index in [9.17, 15) is 9.59 Å². The Morgan fingerprint density at radius 2 is 2.04 bits per heavy atom. The minimum Gasteiger partial charge on any atom is -0.332 e. The van der Waals surface area contributed by atoms with Crippen LogP contribution in [0, 0.1) is 5.92 Å². The summed E-state index contributed by atoms with van der Waals surface area (Å²) in [5.41, 5.74) is 1.61. The van der Waals surface area contributed by atoms with Crippen LogP contribution in [0.4, 0.5) is 5.69 Å². The summed E-state index contributed by atoms with van der Waals surface area (Å²) in [6.45, 7) is 0. The van der Waals surface area contributed by atoms with Crippen LogP contribution in [-0.4, -0.2) is 37.9 Å². The van der Waals surface area contributed by atoms with E-state index in [0.29, 0.717) is 18.5 Å². The summed E-state index contributed by atoms with van der Waals surface area (Å²) in [7, 11) is 0. The Kier molecular flexibility index (Phi) is 3.76. The molecule has 1 saturated heterocycles. The standard InChI is InChI=1S/C17H19N5O2/c23-15-4-3-14(17(24)21-12-9-19-20-10-12)16(22(15)13-1-2-13)11-5-7-18-8-6-11/h5-10,13-14,16H,1-4H2,(H,19,20)(H,21,24)/t14-,16+/m0/s1. The summed E-state index contributed by atoms with van der Waals surface area (Å²) in [4.78, 5) is 31.3. The number of hydrogen-bond donors (Lipinski definition) is 2. The molecule has 0 aromatic carbocycles. The van der Waals surface area contributed by atoms with Gasteiger partial charge in [-0.3, -0.25) is 19.7 Å². The number of piperidine rings is 1. The van der Waals surface area contributed by atoms with Gasteiger partial charge in [0.15, 0.2) is 0 Å². The summed E-state index contributed by atoms with van der Waals surface area (Å²) < 4.78 is 0. The Labute approximate surface area is 139 Å². The van der Waals surface area contributed by atoms with Crippen molar-refractivity contribution in [2.24, 2.45) is 5.92 Å². The van der Waals surface area contributed by atoms with Gasteiger partial charge in [-0.2, -0.15) is 5.10 Å². The minimum atomic E-state index is -0.277. The second-order valence-corrected chi connectivity index (χ2v) is 6.38. The number of anilines is 1. The third-order valence-corrected chi connectivity index (χ3v) is 4.73. The lowest BCUT2D eigenvalue weighted by Crippen LogP contribution is -2.47. The van der Waals surface area contributed by atoms with Gasteiger partial charge in [0, 0.05) is 31.1 Å². The minimum absolute atomic E-state index is 0.0728. The van der Waals surface area contributed by atoms with Crippen LogP contribution in [0.15, 0.2) is 36.9 Å². The number of hydrogen-bond acceptors (Lipinski definition) is 4. The van der Waals surface area contributed by atoms with Gasteiger partial charge in [0.2, 0.25) is 11.8 Å². The summed E-state index contributed by atoms with van der Waals surface area (Å²) in [6, 6.07) is 3.84. The van der Waals surface area contributed by atoms with Crippen molar-refractivity contribution in [3.8, 4) is 0 Å². The van der Waals surface area contributed by atoms with E-state index in [1.165, 1.54) is 0 Å². The number of H-pyrrole nitrogens is 1. The van der Waals surface area contributed by atoms with Crippen molar-refractivity contribution >= 4 is 17.5 Å². The Bertz CT molecular complexity index is 727. The molecule has 1 aliphatic carbocycles. The Balaban J connectivity index is 1.65. The predicted octanol–water partition coefficient (Wildman–Crippen LogP) is 1.89. The second-order valence-electron chi connectivity index (χ2n) is 6.38. The summed E-state index contributed by atoms with van der Waals surface area (Å²) >= 11 is 0. The Morgan fingerprint density at radius 3 is 2.71 bits per heavy atom. The topological polar surface area (TPSA) is 91.0 Å². The lowest BCUT2D eigenvalue weighted by molar-refractivity contribution is -0.142. The quantitative estimate of drug-likeness (QED) is 0.898. The van der Waals surface area contributed by atoms with Crippen LogP contribution in [0.2, 0.25) is 0 Å². The van der Waals surface area contributed by atoms with Gasteiger partial charge in [-0.05, 0) is 37.0 Å². The first-order chi connectivity index (χ1) is 11.7. The Morgan fingerprint density at radius 1 is 1.25 bits per heavy atom. The van der Waals surface area contributed by atoms with E-state index in [0.717, 1.165) is 18.4 Å². The molecule has 7 nitrogen and oxygen atoms in total. The molecule has 2 fully saturated rings. The average Bonchev–Trinajstić information content (AvgIpc) is 3.31. The van der Waals surface area contributed by atoms with Gasteiger partial charge in [0.05, 0.1) is 23.8 Å². The van der Waals surface area contributed by atoms with E-state index >= 15 is 0 Å². The SMILES string of the molecule is O=C(Nc1cn[nH]c1)[C@H]1CCC(=O)N(C2CC2)[C@@H]1c1ccncc1. The van der Waals surface area contributed by atoms with Gasteiger partial charge >= 0.3 is 0 Å². The molecule has 7 heteroatoms. The molecule has 0 unspecified atom stereocenters. The third kappa shape index (κ3) is 2.77. The number of aromatic amines is 1. The van der Waals surface area contributed by atoms with Crippen molar-refractivity contribution in [3.63, 3.8) is 0 Å². The fourth-order valence-electron chi connectivity index (χ4n) is 3.48. The molecule has 1 aliphatic heterocycles. The van der Waals surface area contributed by atoms with Gasteiger partial charge in [-0.15, -0.1) is 0 Å². The van der Waals surface area contributed by atoms with Crippen LogP contribution in [0.3, 0.4) is 0 Å². The smallest absolute Gasteiger partial charge is 0.230 e. The first-order valence-corrected chi connectivity index (χ1v) is 8.25. The maximum absolute atomic E-state index is 12.8. The zero-order valence-corrected chi connectivity index (χ0v) is 13.2. The molecule has 1 saturated carbocycles. The molecule has 2 aromatic heterocycles. The van der Waals surface area contributed by atoms with E-state index in [1.807, 2.05) is 17.0 Å². The summed E-state index contributed by atoms with van der Waals surface area (Å²) in [5, 5.41) is 9.44.